The van der Waals surface area contributed by atoms with Gasteiger partial charge in [0.2, 0.25) is 0 Å². The van der Waals surface area contributed by atoms with E-state index in [1.807, 2.05) is 13.8 Å². The van der Waals surface area contributed by atoms with Crippen molar-refractivity contribution in [3.63, 3.8) is 0 Å². The van der Waals surface area contributed by atoms with Crippen LogP contribution in [0.15, 0.2) is 18.2 Å². The Balaban J connectivity index is 0.00000127. The third-order valence-corrected chi connectivity index (χ3v) is 3.09. The summed E-state index contributed by atoms with van der Waals surface area (Å²) in [6.45, 7) is 5.77. The lowest BCUT2D eigenvalue weighted by atomic mass is 10.2. The summed E-state index contributed by atoms with van der Waals surface area (Å²) >= 11 is 12.0. The van der Waals surface area contributed by atoms with E-state index >= 15 is 0 Å². The molecule has 8 heteroatoms. The van der Waals surface area contributed by atoms with Gasteiger partial charge < -0.3 is 9.47 Å². The van der Waals surface area contributed by atoms with Crippen molar-refractivity contribution in [1.82, 2.24) is 14.8 Å². The second-order valence-electron chi connectivity index (χ2n) is 4.06. The summed E-state index contributed by atoms with van der Waals surface area (Å²) < 4.78 is 11.4. The SMILES string of the molecule is CC.CCOC(=O)COc1nc(-c2ccc(Cl)cc2Cl)n(C)n1. The van der Waals surface area contributed by atoms with Crippen molar-refractivity contribution in [1.29, 1.82) is 0 Å². The predicted octanol–water partition coefficient (Wildman–Crippen LogP) is 3.76. The minimum Gasteiger partial charge on any atom is -0.463 e. The van der Waals surface area contributed by atoms with Crippen LogP contribution < -0.4 is 4.74 Å². The first-order chi connectivity index (χ1) is 11.0. The summed E-state index contributed by atoms with van der Waals surface area (Å²) in [6, 6.07) is 5.14. The quantitative estimate of drug-likeness (QED) is 0.760. The van der Waals surface area contributed by atoms with Gasteiger partial charge in [-0.25, -0.2) is 9.48 Å². The molecule has 126 valence electrons. The maximum atomic E-state index is 11.2. The van der Waals surface area contributed by atoms with Gasteiger partial charge in [-0.05, 0) is 25.1 Å². The second kappa shape index (κ2) is 9.37. The minimum absolute atomic E-state index is 0.0755. The number of ether oxygens (including phenoxy) is 2. The average molecular weight is 360 g/mol. The monoisotopic (exact) mass is 359 g/mol. The first kappa shape index (κ1) is 19.3. The predicted molar refractivity (Wildman–Crippen MR) is 89.9 cm³/mol. The zero-order valence-corrected chi connectivity index (χ0v) is 15.0. The molecule has 0 aliphatic heterocycles. The molecule has 1 aromatic carbocycles. The van der Waals surface area contributed by atoms with Gasteiger partial charge in [-0.15, -0.1) is 5.10 Å². The topological polar surface area (TPSA) is 66.2 Å². The molecule has 6 nitrogen and oxygen atoms in total. The first-order valence-corrected chi connectivity index (χ1v) is 7.91. The number of aryl methyl sites for hydroxylation is 1. The third-order valence-electron chi connectivity index (χ3n) is 2.54. The van der Waals surface area contributed by atoms with Crippen molar-refractivity contribution < 1.29 is 14.3 Å². The zero-order valence-electron chi connectivity index (χ0n) is 13.5. The molecule has 0 aliphatic carbocycles. The molecule has 0 radical (unpaired) electrons. The number of hydrogen-bond acceptors (Lipinski definition) is 5. The van der Waals surface area contributed by atoms with Crippen LogP contribution in [-0.4, -0.2) is 33.9 Å². The van der Waals surface area contributed by atoms with Crippen LogP contribution in [0.4, 0.5) is 0 Å². The highest BCUT2D eigenvalue weighted by atomic mass is 35.5. The molecule has 0 unspecified atom stereocenters. The number of aromatic nitrogens is 3. The standard InChI is InChI=1S/C13H13Cl2N3O3.C2H6/c1-3-20-11(19)7-21-13-16-12(18(2)17-13)9-5-4-8(14)6-10(9)15;1-2/h4-6H,3,7H2,1-2H3;1-2H3. The van der Waals surface area contributed by atoms with E-state index in [4.69, 9.17) is 32.7 Å². The van der Waals surface area contributed by atoms with Crippen LogP contribution >= 0.6 is 23.2 Å². The molecule has 0 N–H and O–H groups in total. The Kier molecular flexibility index (Phi) is 7.85. The van der Waals surface area contributed by atoms with Gasteiger partial charge in [-0.3, -0.25) is 0 Å². The Morgan fingerprint density at radius 2 is 2.00 bits per heavy atom. The molecule has 0 fully saturated rings. The lowest BCUT2D eigenvalue weighted by Gasteiger charge is -2.02. The lowest BCUT2D eigenvalue weighted by molar-refractivity contribution is -0.145. The van der Waals surface area contributed by atoms with E-state index in [1.165, 1.54) is 4.68 Å². The number of hydrogen-bond donors (Lipinski definition) is 0. The van der Waals surface area contributed by atoms with Crippen LogP contribution in [0.1, 0.15) is 20.8 Å². The normalized spacial score (nSPS) is 9.83. The van der Waals surface area contributed by atoms with Crippen molar-refractivity contribution in [2.24, 2.45) is 7.05 Å². The molecular weight excluding hydrogens is 341 g/mol. The van der Waals surface area contributed by atoms with Crippen LogP contribution in [0, 0.1) is 0 Å². The number of rotatable bonds is 5. The number of carbonyl (C=O) groups is 1. The maximum Gasteiger partial charge on any atom is 0.344 e. The maximum absolute atomic E-state index is 11.2. The fourth-order valence-electron chi connectivity index (χ4n) is 1.65. The second-order valence-corrected chi connectivity index (χ2v) is 4.90. The van der Waals surface area contributed by atoms with Gasteiger partial charge in [0.15, 0.2) is 12.4 Å². The summed E-state index contributed by atoms with van der Waals surface area (Å²) in [5, 5.41) is 5.05. The molecule has 0 saturated heterocycles. The van der Waals surface area contributed by atoms with Crippen LogP contribution in [0.2, 0.25) is 10.0 Å². The summed E-state index contributed by atoms with van der Waals surface area (Å²) in [7, 11) is 1.70. The summed E-state index contributed by atoms with van der Waals surface area (Å²) in [5.74, 6) is 0.0338. The van der Waals surface area contributed by atoms with Crippen molar-refractivity contribution in [3.8, 4) is 17.4 Å². The molecule has 0 bridgehead atoms. The molecule has 0 atom stereocenters. The van der Waals surface area contributed by atoms with E-state index in [9.17, 15) is 4.79 Å². The smallest absolute Gasteiger partial charge is 0.344 e. The molecule has 0 saturated carbocycles. The summed E-state index contributed by atoms with van der Waals surface area (Å²) in [6.07, 6.45) is 0. The first-order valence-electron chi connectivity index (χ1n) is 7.16. The lowest BCUT2D eigenvalue weighted by Crippen LogP contribution is -2.15. The Morgan fingerprint density at radius 3 is 2.61 bits per heavy atom. The fraction of sp³-hybridized carbons (Fsp3) is 0.400. The zero-order chi connectivity index (χ0) is 17.4. The van der Waals surface area contributed by atoms with Gasteiger partial charge in [-0.1, -0.05) is 37.0 Å². The molecule has 1 heterocycles. The van der Waals surface area contributed by atoms with Crippen molar-refractivity contribution in [2.45, 2.75) is 20.8 Å². The van der Waals surface area contributed by atoms with Gasteiger partial charge in [-0.2, -0.15) is 4.98 Å². The van der Waals surface area contributed by atoms with E-state index in [0.717, 1.165) is 0 Å². The molecular formula is C15H19Cl2N3O3. The van der Waals surface area contributed by atoms with Crippen LogP contribution in [-0.2, 0) is 16.6 Å². The number of halogens is 2. The molecule has 1 aromatic heterocycles. The Morgan fingerprint density at radius 1 is 1.30 bits per heavy atom. The van der Waals surface area contributed by atoms with E-state index in [2.05, 4.69) is 10.1 Å². The van der Waals surface area contributed by atoms with Gasteiger partial charge in [0.1, 0.15) is 0 Å². The van der Waals surface area contributed by atoms with E-state index in [1.54, 1.807) is 32.2 Å². The van der Waals surface area contributed by atoms with Gasteiger partial charge in [0, 0.05) is 17.6 Å². The molecule has 23 heavy (non-hydrogen) atoms. The van der Waals surface area contributed by atoms with E-state index in [0.29, 0.717) is 28.0 Å². The molecule has 2 aromatic rings. The summed E-state index contributed by atoms with van der Waals surface area (Å²) in [5.41, 5.74) is 0.669. The summed E-state index contributed by atoms with van der Waals surface area (Å²) in [4.78, 5) is 15.4. The minimum atomic E-state index is -0.476. The Bertz CT molecular complexity index is 659. The number of nitrogens with zero attached hydrogens (tertiary/aromatic N) is 3. The Labute approximate surface area is 145 Å². The highest BCUT2D eigenvalue weighted by Crippen LogP contribution is 2.29. The van der Waals surface area contributed by atoms with Gasteiger partial charge >= 0.3 is 12.0 Å². The van der Waals surface area contributed by atoms with Crippen molar-refractivity contribution in [3.05, 3.63) is 28.2 Å². The number of carbonyl (C=O) groups excluding carboxylic acids is 1. The van der Waals surface area contributed by atoms with E-state index in [-0.39, 0.29) is 12.6 Å². The van der Waals surface area contributed by atoms with Gasteiger partial charge in [0.25, 0.3) is 0 Å². The molecule has 0 spiro atoms. The van der Waals surface area contributed by atoms with Crippen LogP contribution in [0.25, 0.3) is 11.4 Å². The highest BCUT2D eigenvalue weighted by molar-refractivity contribution is 6.36. The van der Waals surface area contributed by atoms with Crippen molar-refractivity contribution >= 4 is 29.2 Å². The van der Waals surface area contributed by atoms with Crippen molar-refractivity contribution in [2.75, 3.05) is 13.2 Å². The largest absolute Gasteiger partial charge is 0.463 e. The highest BCUT2D eigenvalue weighted by Gasteiger charge is 2.14. The van der Waals surface area contributed by atoms with E-state index < -0.39 is 5.97 Å². The van der Waals surface area contributed by atoms with Crippen LogP contribution in [0.3, 0.4) is 0 Å². The Hall–Kier alpha value is -1.79. The van der Waals surface area contributed by atoms with Crippen LogP contribution in [0.5, 0.6) is 6.01 Å². The fourth-order valence-corrected chi connectivity index (χ4v) is 2.15. The number of esters is 1. The molecule has 2 rings (SSSR count). The van der Waals surface area contributed by atoms with Gasteiger partial charge in [0.05, 0.1) is 11.6 Å². The molecule has 0 aliphatic rings. The number of benzene rings is 1. The average Bonchev–Trinajstić information content (AvgIpc) is 2.88. The molecule has 0 amide bonds. The third kappa shape index (κ3) is 5.41.